The van der Waals surface area contributed by atoms with Crippen LogP contribution in [0.25, 0.3) is 0 Å². The van der Waals surface area contributed by atoms with Crippen LogP contribution in [0.3, 0.4) is 0 Å². The summed E-state index contributed by atoms with van der Waals surface area (Å²) in [6.45, 7) is 6.07. The van der Waals surface area contributed by atoms with Crippen molar-refractivity contribution in [2.24, 2.45) is 0 Å². The molecule has 3 nitrogen and oxygen atoms in total. The van der Waals surface area contributed by atoms with Crippen LogP contribution in [-0.2, 0) is 14.3 Å². The third kappa shape index (κ3) is 11.0. The fourth-order valence-electron chi connectivity index (χ4n) is 0.263. The fourth-order valence-corrected chi connectivity index (χ4v) is 0.263. The highest BCUT2D eigenvalue weighted by Gasteiger charge is 1.91. The molecule has 0 rings (SSSR count). The van der Waals surface area contributed by atoms with Crippen LogP contribution in [0.4, 0.5) is 0 Å². The summed E-state index contributed by atoms with van der Waals surface area (Å²) in [5.41, 5.74) is 0. The second-order valence-electron chi connectivity index (χ2n) is 1.16. The highest BCUT2D eigenvalue weighted by molar-refractivity contribution is 5.68. The van der Waals surface area contributed by atoms with Crippen LogP contribution in [0.5, 0.6) is 0 Å². The van der Waals surface area contributed by atoms with Gasteiger partial charge in [-0.05, 0) is 6.92 Å². The van der Waals surface area contributed by atoms with Gasteiger partial charge in [0.1, 0.15) is 6.79 Å². The lowest BCUT2D eigenvalue weighted by Crippen LogP contribution is -2.00. The molecular weight excluding hydrogens is 120 g/mol. The van der Waals surface area contributed by atoms with E-state index in [1.165, 1.54) is 0 Å². The Labute approximate surface area is 55.0 Å². The molecule has 0 radical (unpaired) electrons. The van der Waals surface area contributed by atoms with E-state index in [1.807, 2.05) is 6.79 Å². The summed E-state index contributed by atoms with van der Waals surface area (Å²) in [7, 11) is 0. The molecule has 9 heavy (non-hydrogen) atoms. The van der Waals surface area contributed by atoms with Crippen molar-refractivity contribution in [3.05, 3.63) is 0 Å². The average molecular weight is 132 g/mol. The predicted octanol–water partition coefficient (Wildman–Crippen LogP) is 0.775. The van der Waals surface area contributed by atoms with E-state index >= 15 is 0 Å². The molecule has 0 aromatic heterocycles. The molecule has 0 saturated carbocycles. The molecule has 0 heterocycles. The lowest BCUT2D eigenvalue weighted by atomic mass is 10.5. The van der Waals surface area contributed by atoms with Crippen molar-refractivity contribution in [1.29, 1.82) is 0 Å². The molecule has 0 fully saturated rings. The molecular formula is C6H12O3. The zero-order valence-electron chi connectivity index (χ0n) is 5.85. The first-order valence-electron chi connectivity index (χ1n) is 2.75. The summed E-state index contributed by atoms with van der Waals surface area (Å²) in [6, 6.07) is 0. The van der Waals surface area contributed by atoms with Gasteiger partial charge in [-0.2, -0.15) is 0 Å². The number of carbonyl (C=O) groups is 2. The second kappa shape index (κ2) is 10.2. The van der Waals surface area contributed by atoms with E-state index in [-0.39, 0.29) is 5.97 Å². The Balaban J connectivity index is 0. The molecule has 0 N–H and O–H groups in total. The first kappa shape index (κ1) is 11.0. The van der Waals surface area contributed by atoms with Crippen molar-refractivity contribution < 1.29 is 14.3 Å². The van der Waals surface area contributed by atoms with Gasteiger partial charge in [-0.1, -0.05) is 6.92 Å². The van der Waals surface area contributed by atoms with Crippen LogP contribution >= 0.6 is 0 Å². The Morgan fingerprint density at radius 2 is 1.89 bits per heavy atom. The van der Waals surface area contributed by atoms with Gasteiger partial charge < -0.3 is 9.53 Å². The highest BCUT2D eigenvalue weighted by Crippen LogP contribution is 1.80. The van der Waals surface area contributed by atoms with E-state index < -0.39 is 0 Å². The van der Waals surface area contributed by atoms with Crippen molar-refractivity contribution in [3.63, 3.8) is 0 Å². The maximum atomic E-state index is 10.2. The Morgan fingerprint density at radius 1 is 1.44 bits per heavy atom. The van der Waals surface area contributed by atoms with E-state index in [1.54, 1.807) is 13.8 Å². The molecule has 0 amide bonds. The zero-order chi connectivity index (χ0) is 7.70. The fraction of sp³-hybridized carbons (Fsp3) is 0.667. The van der Waals surface area contributed by atoms with E-state index in [0.29, 0.717) is 13.0 Å². The minimum absolute atomic E-state index is 0.123. The summed E-state index contributed by atoms with van der Waals surface area (Å²) >= 11 is 0. The molecule has 54 valence electrons. The molecule has 0 aromatic carbocycles. The Kier molecular flexibility index (Phi) is 12.5. The molecule has 0 spiro atoms. The maximum Gasteiger partial charge on any atom is 0.305 e. The zero-order valence-corrected chi connectivity index (χ0v) is 5.85. The van der Waals surface area contributed by atoms with Gasteiger partial charge in [0, 0.05) is 6.42 Å². The number of ether oxygens (including phenoxy) is 1. The highest BCUT2D eigenvalue weighted by atomic mass is 16.5. The molecule has 0 bridgehead atoms. The van der Waals surface area contributed by atoms with Crippen molar-refractivity contribution >= 4 is 12.8 Å². The van der Waals surface area contributed by atoms with Gasteiger partial charge in [-0.3, -0.25) is 4.79 Å². The van der Waals surface area contributed by atoms with Crippen LogP contribution in [0, 0.1) is 0 Å². The van der Waals surface area contributed by atoms with Gasteiger partial charge in [0.05, 0.1) is 6.61 Å². The van der Waals surface area contributed by atoms with Crippen molar-refractivity contribution in [2.45, 2.75) is 20.3 Å². The van der Waals surface area contributed by atoms with E-state index in [4.69, 9.17) is 4.79 Å². The van der Waals surface area contributed by atoms with Gasteiger partial charge in [0.15, 0.2) is 0 Å². The van der Waals surface area contributed by atoms with Gasteiger partial charge >= 0.3 is 5.97 Å². The van der Waals surface area contributed by atoms with Gasteiger partial charge in [0.25, 0.3) is 0 Å². The molecule has 0 aliphatic heterocycles. The number of hydrogen-bond donors (Lipinski definition) is 0. The van der Waals surface area contributed by atoms with Crippen LogP contribution in [0.2, 0.25) is 0 Å². The molecule has 0 aromatic rings. The lowest BCUT2D eigenvalue weighted by molar-refractivity contribution is -0.142. The lowest BCUT2D eigenvalue weighted by Gasteiger charge is -1.93. The summed E-state index contributed by atoms with van der Waals surface area (Å²) in [4.78, 5) is 18.2. The maximum absolute atomic E-state index is 10.2. The summed E-state index contributed by atoms with van der Waals surface area (Å²) in [6.07, 6.45) is 0.480. The smallest absolute Gasteiger partial charge is 0.305 e. The second-order valence-corrected chi connectivity index (χ2v) is 1.16. The van der Waals surface area contributed by atoms with Crippen molar-refractivity contribution in [3.8, 4) is 0 Å². The van der Waals surface area contributed by atoms with Gasteiger partial charge in [-0.15, -0.1) is 0 Å². The first-order valence-corrected chi connectivity index (χ1v) is 2.75. The Morgan fingerprint density at radius 3 is 2.00 bits per heavy atom. The predicted molar refractivity (Wildman–Crippen MR) is 34.0 cm³/mol. The van der Waals surface area contributed by atoms with Crippen LogP contribution in [-0.4, -0.2) is 19.4 Å². The minimum Gasteiger partial charge on any atom is -0.466 e. The SMILES string of the molecule is C=O.CCOC(=O)CC. The van der Waals surface area contributed by atoms with Gasteiger partial charge in [-0.25, -0.2) is 0 Å². The summed E-state index contributed by atoms with van der Waals surface area (Å²) in [5.74, 6) is -0.123. The molecule has 0 aliphatic rings. The third-order valence-corrected chi connectivity index (χ3v) is 0.594. The molecule has 0 saturated heterocycles. The van der Waals surface area contributed by atoms with Crippen LogP contribution in [0.15, 0.2) is 0 Å². The Hall–Kier alpha value is -0.860. The van der Waals surface area contributed by atoms with Crippen LogP contribution < -0.4 is 0 Å². The topological polar surface area (TPSA) is 43.4 Å². The molecule has 0 atom stereocenters. The molecule has 3 heteroatoms. The average Bonchev–Trinajstić information content (AvgIpc) is 1.93. The number of hydrogen-bond acceptors (Lipinski definition) is 3. The van der Waals surface area contributed by atoms with E-state index in [9.17, 15) is 4.79 Å². The normalized spacial score (nSPS) is 6.89. The monoisotopic (exact) mass is 132 g/mol. The molecule has 0 aliphatic carbocycles. The van der Waals surface area contributed by atoms with Crippen molar-refractivity contribution in [1.82, 2.24) is 0 Å². The largest absolute Gasteiger partial charge is 0.466 e. The number of rotatable bonds is 2. The number of esters is 1. The standard InChI is InChI=1S/C5H10O2.CH2O/c1-3-5(6)7-4-2;1-2/h3-4H2,1-2H3;1H2. The van der Waals surface area contributed by atoms with Gasteiger partial charge in [0.2, 0.25) is 0 Å². The van der Waals surface area contributed by atoms with E-state index in [2.05, 4.69) is 4.74 Å². The third-order valence-electron chi connectivity index (χ3n) is 0.594. The summed E-state index contributed by atoms with van der Waals surface area (Å²) in [5, 5.41) is 0. The Bertz CT molecular complexity index is 70.7. The summed E-state index contributed by atoms with van der Waals surface area (Å²) < 4.78 is 4.55. The van der Waals surface area contributed by atoms with E-state index in [0.717, 1.165) is 0 Å². The van der Waals surface area contributed by atoms with Crippen molar-refractivity contribution in [2.75, 3.05) is 6.61 Å². The van der Waals surface area contributed by atoms with Crippen LogP contribution in [0.1, 0.15) is 20.3 Å². The quantitative estimate of drug-likeness (QED) is 0.521. The first-order chi connectivity index (χ1) is 4.31. The number of carbonyl (C=O) groups excluding carboxylic acids is 2. The minimum atomic E-state index is -0.123. The molecule has 0 unspecified atom stereocenters.